The van der Waals surface area contributed by atoms with Gasteiger partial charge in [0.15, 0.2) is 0 Å². The Morgan fingerprint density at radius 1 is 1.31 bits per heavy atom. The first-order valence-electron chi connectivity index (χ1n) is 5.48. The minimum Gasteiger partial charge on any atom is -0.326 e. The molecule has 1 fully saturated rings. The van der Waals surface area contributed by atoms with Crippen molar-refractivity contribution in [2.45, 2.75) is 19.5 Å². The van der Waals surface area contributed by atoms with Gasteiger partial charge in [-0.2, -0.15) is 0 Å². The summed E-state index contributed by atoms with van der Waals surface area (Å²) in [6, 6.07) is 6.74. The second-order valence-corrected chi connectivity index (χ2v) is 6.29. The van der Waals surface area contributed by atoms with Crippen LogP contribution in [0.4, 0.5) is 0 Å². The van der Waals surface area contributed by atoms with Crippen LogP contribution in [0.15, 0.2) is 27.1 Å². The third-order valence-corrected chi connectivity index (χ3v) is 5.02. The SMILES string of the molecule is CC1CN(Cc2ccc(Br)c(Br)c2)CC1N. The van der Waals surface area contributed by atoms with Gasteiger partial charge in [-0.05, 0) is 55.5 Å². The van der Waals surface area contributed by atoms with Gasteiger partial charge < -0.3 is 5.73 Å². The van der Waals surface area contributed by atoms with E-state index in [9.17, 15) is 0 Å². The molecular weight excluding hydrogens is 332 g/mol. The third kappa shape index (κ3) is 2.86. The molecule has 0 saturated carbocycles. The van der Waals surface area contributed by atoms with Gasteiger partial charge in [-0.1, -0.05) is 13.0 Å². The van der Waals surface area contributed by atoms with E-state index in [1.807, 2.05) is 0 Å². The fraction of sp³-hybridized carbons (Fsp3) is 0.500. The van der Waals surface area contributed by atoms with Crippen molar-refractivity contribution in [3.8, 4) is 0 Å². The maximum absolute atomic E-state index is 6.02. The molecule has 88 valence electrons. The van der Waals surface area contributed by atoms with E-state index in [-0.39, 0.29) is 0 Å². The van der Waals surface area contributed by atoms with E-state index >= 15 is 0 Å². The van der Waals surface area contributed by atoms with E-state index in [0.29, 0.717) is 12.0 Å². The molecule has 4 heteroatoms. The zero-order valence-corrected chi connectivity index (χ0v) is 12.5. The van der Waals surface area contributed by atoms with Crippen LogP contribution in [0.3, 0.4) is 0 Å². The van der Waals surface area contributed by atoms with Crippen molar-refractivity contribution in [1.29, 1.82) is 0 Å². The molecule has 1 aliphatic heterocycles. The van der Waals surface area contributed by atoms with Crippen molar-refractivity contribution >= 4 is 31.9 Å². The predicted octanol–water partition coefficient (Wildman–Crippen LogP) is 2.99. The number of hydrogen-bond donors (Lipinski definition) is 1. The summed E-state index contributed by atoms with van der Waals surface area (Å²) in [4.78, 5) is 2.42. The van der Waals surface area contributed by atoms with Crippen LogP contribution in [-0.4, -0.2) is 24.0 Å². The van der Waals surface area contributed by atoms with Crippen molar-refractivity contribution in [3.05, 3.63) is 32.7 Å². The lowest BCUT2D eigenvalue weighted by Gasteiger charge is -2.15. The van der Waals surface area contributed by atoms with Gasteiger partial charge in [0.05, 0.1) is 0 Å². The molecule has 0 radical (unpaired) electrons. The first-order valence-corrected chi connectivity index (χ1v) is 7.06. The van der Waals surface area contributed by atoms with Crippen molar-refractivity contribution in [2.24, 2.45) is 11.7 Å². The summed E-state index contributed by atoms with van der Waals surface area (Å²) in [7, 11) is 0. The van der Waals surface area contributed by atoms with Gasteiger partial charge in [-0.3, -0.25) is 4.90 Å². The van der Waals surface area contributed by atoms with Crippen LogP contribution >= 0.6 is 31.9 Å². The van der Waals surface area contributed by atoms with Crippen LogP contribution in [0, 0.1) is 5.92 Å². The number of rotatable bonds is 2. The second kappa shape index (κ2) is 5.17. The van der Waals surface area contributed by atoms with Crippen molar-refractivity contribution in [2.75, 3.05) is 13.1 Å². The predicted molar refractivity (Wildman–Crippen MR) is 74.3 cm³/mol. The highest BCUT2D eigenvalue weighted by atomic mass is 79.9. The topological polar surface area (TPSA) is 29.3 Å². The monoisotopic (exact) mass is 346 g/mol. The molecule has 0 bridgehead atoms. The average Bonchev–Trinajstić information content (AvgIpc) is 2.52. The first kappa shape index (κ1) is 12.6. The molecular formula is C12H16Br2N2. The van der Waals surface area contributed by atoms with Gasteiger partial charge in [-0.15, -0.1) is 0 Å². The van der Waals surface area contributed by atoms with E-state index in [0.717, 1.165) is 28.6 Å². The Morgan fingerprint density at radius 3 is 2.62 bits per heavy atom. The molecule has 0 aromatic heterocycles. The maximum atomic E-state index is 6.02. The molecule has 1 saturated heterocycles. The van der Waals surface area contributed by atoms with Crippen LogP contribution in [0.5, 0.6) is 0 Å². The summed E-state index contributed by atoms with van der Waals surface area (Å²) in [6.07, 6.45) is 0. The van der Waals surface area contributed by atoms with Gasteiger partial charge in [-0.25, -0.2) is 0 Å². The summed E-state index contributed by atoms with van der Waals surface area (Å²) in [5.74, 6) is 0.610. The Balaban J connectivity index is 2.02. The summed E-state index contributed by atoms with van der Waals surface area (Å²) in [5, 5.41) is 0. The van der Waals surface area contributed by atoms with E-state index in [1.54, 1.807) is 0 Å². The molecule has 2 atom stereocenters. The van der Waals surface area contributed by atoms with Crippen molar-refractivity contribution in [3.63, 3.8) is 0 Å². The molecule has 16 heavy (non-hydrogen) atoms. The Kier molecular flexibility index (Phi) is 4.06. The lowest BCUT2D eigenvalue weighted by atomic mass is 10.1. The summed E-state index contributed by atoms with van der Waals surface area (Å²) in [6.45, 7) is 5.33. The van der Waals surface area contributed by atoms with E-state index in [1.165, 1.54) is 5.56 Å². The lowest BCUT2D eigenvalue weighted by Crippen LogP contribution is -2.28. The smallest absolute Gasteiger partial charge is 0.0320 e. The van der Waals surface area contributed by atoms with E-state index in [2.05, 4.69) is 61.9 Å². The van der Waals surface area contributed by atoms with Crippen LogP contribution in [-0.2, 0) is 6.54 Å². The van der Waals surface area contributed by atoms with Gasteiger partial charge in [0.2, 0.25) is 0 Å². The minimum absolute atomic E-state index is 0.332. The quantitative estimate of drug-likeness (QED) is 0.891. The molecule has 2 N–H and O–H groups in total. The molecule has 0 spiro atoms. The molecule has 1 heterocycles. The normalized spacial score (nSPS) is 26.2. The van der Waals surface area contributed by atoms with E-state index < -0.39 is 0 Å². The first-order chi connectivity index (χ1) is 7.56. The number of hydrogen-bond acceptors (Lipinski definition) is 2. The Hall–Kier alpha value is 0.1000. The summed E-state index contributed by atoms with van der Waals surface area (Å²) < 4.78 is 2.21. The van der Waals surface area contributed by atoms with Gasteiger partial charge in [0.25, 0.3) is 0 Å². The molecule has 0 amide bonds. The molecule has 2 unspecified atom stereocenters. The highest BCUT2D eigenvalue weighted by molar-refractivity contribution is 9.13. The molecule has 2 rings (SSSR count). The van der Waals surface area contributed by atoms with Gasteiger partial charge in [0.1, 0.15) is 0 Å². The second-order valence-electron chi connectivity index (χ2n) is 4.58. The zero-order chi connectivity index (χ0) is 11.7. The van der Waals surface area contributed by atoms with Gasteiger partial charge >= 0.3 is 0 Å². The fourth-order valence-corrected chi connectivity index (χ4v) is 2.79. The average molecular weight is 348 g/mol. The highest BCUT2D eigenvalue weighted by Crippen LogP contribution is 2.25. The largest absolute Gasteiger partial charge is 0.326 e. The summed E-state index contributed by atoms with van der Waals surface area (Å²) >= 11 is 7.01. The van der Waals surface area contributed by atoms with Crippen molar-refractivity contribution < 1.29 is 0 Å². The summed E-state index contributed by atoms with van der Waals surface area (Å²) in [5.41, 5.74) is 7.35. The number of likely N-dealkylation sites (tertiary alicyclic amines) is 1. The number of nitrogens with zero attached hydrogens (tertiary/aromatic N) is 1. The van der Waals surface area contributed by atoms with Crippen LogP contribution < -0.4 is 5.73 Å². The molecule has 1 aliphatic rings. The fourth-order valence-electron chi connectivity index (χ4n) is 2.12. The van der Waals surface area contributed by atoms with Crippen LogP contribution in [0.25, 0.3) is 0 Å². The minimum atomic E-state index is 0.332. The van der Waals surface area contributed by atoms with Gasteiger partial charge in [0, 0.05) is 34.6 Å². The molecule has 1 aromatic carbocycles. The zero-order valence-electron chi connectivity index (χ0n) is 9.29. The van der Waals surface area contributed by atoms with Crippen LogP contribution in [0.2, 0.25) is 0 Å². The molecule has 0 aliphatic carbocycles. The third-order valence-electron chi connectivity index (χ3n) is 3.14. The Morgan fingerprint density at radius 2 is 2.06 bits per heavy atom. The number of nitrogens with two attached hydrogens (primary N) is 1. The van der Waals surface area contributed by atoms with Crippen molar-refractivity contribution in [1.82, 2.24) is 4.90 Å². The standard InChI is InChI=1S/C12H16Br2N2/c1-8-5-16(7-12(8)15)6-9-2-3-10(13)11(14)4-9/h2-4,8,12H,5-7,15H2,1H3. The lowest BCUT2D eigenvalue weighted by molar-refractivity contribution is 0.319. The Labute approximate surface area is 113 Å². The molecule has 2 nitrogen and oxygen atoms in total. The number of halogens is 2. The molecule has 1 aromatic rings. The van der Waals surface area contributed by atoms with Crippen LogP contribution in [0.1, 0.15) is 12.5 Å². The van der Waals surface area contributed by atoms with E-state index in [4.69, 9.17) is 5.73 Å². The Bertz CT molecular complexity index is 371. The maximum Gasteiger partial charge on any atom is 0.0320 e. The number of benzene rings is 1. The highest BCUT2D eigenvalue weighted by Gasteiger charge is 2.26.